The smallest absolute Gasteiger partial charge is 0.137 e. The summed E-state index contributed by atoms with van der Waals surface area (Å²) in [4.78, 5) is -0.0770. The third kappa shape index (κ3) is 2.91. The fraction of sp³-hybridized carbons (Fsp3) is 0.625. The lowest BCUT2D eigenvalue weighted by atomic mass is 9.92. The molecule has 0 saturated heterocycles. The van der Waals surface area contributed by atoms with Gasteiger partial charge in [0.05, 0.1) is 18.2 Å². The lowest BCUT2D eigenvalue weighted by molar-refractivity contribution is 0.501. The van der Waals surface area contributed by atoms with E-state index in [0.717, 1.165) is 0 Å². The number of alkyl halides is 1. The highest BCUT2D eigenvalue weighted by molar-refractivity contribution is 9.09. The molecule has 0 aromatic carbocycles. The Labute approximate surface area is 80.3 Å². The van der Waals surface area contributed by atoms with Gasteiger partial charge in [0.2, 0.25) is 0 Å². The fourth-order valence-corrected chi connectivity index (χ4v) is 1.20. The third-order valence-corrected chi connectivity index (χ3v) is 2.82. The number of rotatable bonds is 3. The van der Waals surface area contributed by atoms with Crippen LogP contribution >= 0.6 is 15.9 Å². The van der Waals surface area contributed by atoms with Gasteiger partial charge in [0, 0.05) is 11.2 Å². The first-order valence-electron chi connectivity index (χ1n) is 3.47. The molecule has 2 atom stereocenters. The van der Waals surface area contributed by atoms with E-state index >= 15 is 0 Å². The normalized spacial score (nSPS) is 14.0. The molecule has 0 aliphatic carbocycles. The van der Waals surface area contributed by atoms with Gasteiger partial charge in [-0.25, -0.2) is 0 Å². The summed E-state index contributed by atoms with van der Waals surface area (Å²) in [5.41, 5.74) is 0. The number of hydrogen-bond acceptors (Lipinski definition) is 3. The van der Waals surface area contributed by atoms with Gasteiger partial charge in [-0.15, -0.1) is 0 Å². The lowest BCUT2D eigenvalue weighted by Crippen LogP contribution is -2.18. The quantitative estimate of drug-likeness (QED) is 0.690. The van der Waals surface area contributed by atoms with Gasteiger partial charge in [0.15, 0.2) is 0 Å². The third-order valence-electron chi connectivity index (χ3n) is 1.66. The zero-order chi connectivity index (χ0) is 9.56. The van der Waals surface area contributed by atoms with Crippen molar-refractivity contribution in [2.45, 2.75) is 18.2 Å². The van der Waals surface area contributed by atoms with Gasteiger partial charge in [-0.2, -0.15) is 15.8 Å². The van der Waals surface area contributed by atoms with Gasteiger partial charge < -0.3 is 0 Å². The molecule has 0 bridgehead atoms. The Bertz CT molecular complexity index is 241. The molecule has 62 valence electrons. The maximum absolute atomic E-state index is 8.54. The highest BCUT2D eigenvalue weighted by Gasteiger charge is 2.23. The van der Waals surface area contributed by atoms with E-state index in [2.05, 4.69) is 15.9 Å². The van der Waals surface area contributed by atoms with E-state index in [1.54, 1.807) is 6.92 Å². The van der Waals surface area contributed by atoms with Crippen LogP contribution in [0, 0.1) is 45.8 Å². The van der Waals surface area contributed by atoms with Crippen molar-refractivity contribution in [1.82, 2.24) is 0 Å². The van der Waals surface area contributed by atoms with Gasteiger partial charge in [-0.05, 0) is 5.92 Å². The maximum atomic E-state index is 8.54. The van der Waals surface area contributed by atoms with Crippen LogP contribution in [0.5, 0.6) is 0 Å². The van der Waals surface area contributed by atoms with Crippen LogP contribution in [0.15, 0.2) is 0 Å². The molecule has 0 spiro atoms. The van der Waals surface area contributed by atoms with Crippen molar-refractivity contribution >= 4 is 15.9 Å². The van der Waals surface area contributed by atoms with E-state index in [9.17, 15) is 0 Å². The molecule has 0 saturated carbocycles. The largest absolute Gasteiger partial charge is 0.198 e. The number of nitriles is 3. The molecule has 0 amide bonds. The van der Waals surface area contributed by atoms with Crippen LogP contribution in [-0.2, 0) is 0 Å². The monoisotopic (exact) mass is 225 g/mol. The van der Waals surface area contributed by atoms with Gasteiger partial charge in [0.25, 0.3) is 0 Å². The Morgan fingerprint density at radius 3 is 2.08 bits per heavy atom. The predicted molar refractivity (Wildman–Crippen MR) is 46.8 cm³/mol. The highest BCUT2D eigenvalue weighted by atomic mass is 79.9. The van der Waals surface area contributed by atoms with Crippen LogP contribution in [0.1, 0.15) is 13.3 Å². The minimum Gasteiger partial charge on any atom is -0.198 e. The fourth-order valence-electron chi connectivity index (χ4n) is 0.746. The minimum atomic E-state index is -0.636. The Hall–Kier alpha value is -1.05. The van der Waals surface area contributed by atoms with E-state index in [1.807, 2.05) is 18.2 Å². The van der Waals surface area contributed by atoms with Crippen molar-refractivity contribution in [3.8, 4) is 18.2 Å². The Kier molecular flexibility index (Phi) is 5.09. The number of hydrogen-bond donors (Lipinski definition) is 0. The molecule has 0 rings (SSSR count). The molecule has 0 radical (unpaired) electrons. The maximum Gasteiger partial charge on any atom is 0.137 e. The minimum absolute atomic E-state index is 0.0770. The van der Waals surface area contributed by atoms with Crippen molar-refractivity contribution in [3.63, 3.8) is 0 Å². The van der Waals surface area contributed by atoms with E-state index in [0.29, 0.717) is 6.42 Å². The molecule has 0 heterocycles. The van der Waals surface area contributed by atoms with Crippen LogP contribution < -0.4 is 0 Å². The van der Waals surface area contributed by atoms with Crippen molar-refractivity contribution < 1.29 is 0 Å². The van der Waals surface area contributed by atoms with Crippen LogP contribution in [0.25, 0.3) is 0 Å². The SMILES string of the molecule is CC(C(C#N)C#N)C(Br)CC#N. The summed E-state index contributed by atoms with van der Waals surface area (Å²) in [5.74, 6) is -0.748. The summed E-state index contributed by atoms with van der Waals surface area (Å²) in [6, 6.07) is 5.77. The van der Waals surface area contributed by atoms with Crippen LogP contribution in [0.4, 0.5) is 0 Å². The number of nitrogens with zero attached hydrogens (tertiary/aromatic N) is 3. The topological polar surface area (TPSA) is 71.4 Å². The lowest BCUT2D eigenvalue weighted by Gasteiger charge is -2.15. The summed E-state index contributed by atoms with van der Waals surface area (Å²) in [6.45, 7) is 1.79. The molecule has 0 aromatic rings. The molecule has 0 N–H and O–H groups in total. The molecule has 0 aliphatic heterocycles. The summed E-state index contributed by atoms with van der Waals surface area (Å²) in [5, 5.41) is 25.4. The van der Waals surface area contributed by atoms with Gasteiger partial charge in [0.1, 0.15) is 5.92 Å². The van der Waals surface area contributed by atoms with Crippen molar-refractivity contribution in [2.24, 2.45) is 11.8 Å². The van der Waals surface area contributed by atoms with Crippen LogP contribution in [0.2, 0.25) is 0 Å². The highest BCUT2D eigenvalue weighted by Crippen LogP contribution is 2.22. The Morgan fingerprint density at radius 1 is 1.25 bits per heavy atom. The molecular weight excluding hydrogens is 218 g/mol. The second kappa shape index (κ2) is 5.58. The molecule has 4 heteroatoms. The second-order valence-electron chi connectivity index (χ2n) is 2.47. The number of halogens is 1. The Morgan fingerprint density at radius 2 is 1.75 bits per heavy atom. The molecule has 0 aromatic heterocycles. The summed E-state index contributed by atoms with van der Waals surface area (Å²) in [7, 11) is 0. The van der Waals surface area contributed by atoms with E-state index in [-0.39, 0.29) is 10.7 Å². The average Bonchev–Trinajstić information content (AvgIpc) is 2.07. The van der Waals surface area contributed by atoms with Crippen LogP contribution in [0.3, 0.4) is 0 Å². The van der Waals surface area contributed by atoms with Crippen molar-refractivity contribution in [2.75, 3.05) is 0 Å². The van der Waals surface area contributed by atoms with Gasteiger partial charge in [-0.3, -0.25) is 0 Å². The molecule has 0 aliphatic rings. The average molecular weight is 226 g/mol. The summed E-state index contributed by atoms with van der Waals surface area (Å²) < 4.78 is 0. The zero-order valence-corrected chi connectivity index (χ0v) is 8.24. The molecule has 2 unspecified atom stereocenters. The van der Waals surface area contributed by atoms with Crippen molar-refractivity contribution in [3.05, 3.63) is 0 Å². The first-order chi connectivity index (χ1) is 5.67. The summed E-state index contributed by atoms with van der Waals surface area (Å²) in [6.07, 6.45) is 0.320. The van der Waals surface area contributed by atoms with Gasteiger partial charge >= 0.3 is 0 Å². The zero-order valence-electron chi connectivity index (χ0n) is 6.66. The first-order valence-corrected chi connectivity index (χ1v) is 4.39. The second-order valence-corrected chi connectivity index (χ2v) is 3.65. The standard InChI is InChI=1S/C8H8BrN3/c1-6(7(4-11)5-12)8(9)2-3-10/h6-8H,2H2,1H3. The molecule has 12 heavy (non-hydrogen) atoms. The van der Waals surface area contributed by atoms with E-state index in [4.69, 9.17) is 15.8 Å². The summed E-state index contributed by atoms with van der Waals surface area (Å²) >= 11 is 3.26. The molecule has 0 fully saturated rings. The van der Waals surface area contributed by atoms with E-state index < -0.39 is 5.92 Å². The van der Waals surface area contributed by atoms with E-state index in [1.165, 1.54) is 0 Å². The molecule has 3 nitrogen and oxygen atoms in total. The predicted octanol–water partition coefficient (Wildman–Crippen LogP) is 1.96. The van der Waals surface area contributed by atoms with Gasteiger partial charge in [-0.1, -0.05) is 22.9 Å². The van der Waals surface area contributed by atoms with Crippen molar-refractivity contribution in [1.29, 1.82) is 15.8 Å². The first kappa shape index (κ1) is 11.0. The Balaban J connectivity index is 4.22. The molecular formula is C8H8BrN3. The van der Waals surface area contributed by atoms with Crippen LogP contribution in [-0.4, -0.2) is 4.83 Å².